The van der Waals surface area contributed by atoms with Crippen LogP contribution in [0.3, 0.4) is 0 Å². The molecular formula is C19H21N5O2. The molecule has 1 fully saturated rings. The van der Waals surface area contributed by atoms with Crippen molar-refractivity contribution in [3.05, 3.63) is 58.0 Å². The van der Waals surface area contributed by atoms with Crippen molar-refractivity contribution in [3.8, 4) is 0 Å². The first kappa shape index (κ1) is 16.5. The Balaban J connectivity index is 1.48. The number of aromatic nitrogens is 4. The van der Waals surface area contributed by atoms with Crippen LogP contribution in [0.15, 0.2) is 35.3 Å². The molecule has 26 heavy (non-hydrogen) atoms. The molecule has 3 heterocycles. The number of para-hydroxylation sites is 2. The van der Waals surface area contributed by atoms with Crippen molar-refractivity contribution in [1.82, 2.24) is 24.8 Å². The highest BCUT2D eigenvalue weighted by Gasteiger charge is 2.27. The number of hydrogen-bond donors (Lipinski definition) is 2. The summed E-state index contributed by atoms with van der Waals surface area (Å²) in [5.74, 6) is 1.53. The molecule has 1 atom stereocenters. The number of nitrogens with zero attached hydrogens (tertiary/aromatic N) is 3. The first-order chi connectivity index (χ1) is 12.6. The van der Waals surface area contributed by atoms with Gasteiger partial charge < -0.3 is 14.9 Å². The second kappa shape index (κ2) is 6.74. The van der Waals surface area contributed by atoms with Gasteiger partial charge in [-0.05, 0) is 37.8 Å². The summed E-state index contributed by atoms with van der Waals surface area (Å²) in [5.41, 5.74) is 1.73. The lowest BCUT2D eigenvalue weighted by Gasteiger charge is -2.32. The predicted octanol–water partition coefficient (Wildman–Crippen LogP) is 2.05. The molecule has 0 bridgehead atoms. The molecule has 3 aromatic rings. The third-order valence-corrected chi connectivity index (χ3v) is 4.88. The van der Waals surface area contributed by atoms with Gasteiger partial charge >= 0.3 is 0 Å². The second-order valence-electron chi connectivity index (χ2n) is 6.88. The van der Waals surface area contributed by atoms with E-state index in [1.165, 1.54) is 6.20 Å². The van der Waals surface area contributed by atoms with Crippen LogP contribution in [0.25, 0.3) is 11.0 Å². The molecule has 2 aromatic heterocycles. The van der Waals surface area contributed by atoms with Gasteiger partial charge in [-0.3, -0.25) is 9.59 Å². The number of aromatic amines is 2. The predicted molar refractivity (Wildman–Crippen MR) is 98.0 cm³/mol. The van der Waals surface area contributed by atoms with Crippen molar-refractivity contribution in [2.24, 2.45) is 5.92 Å². The number of aryl methyl sites for hydroxylation is 1. The topological polar surface area (TPSA) is 94.7 Å². The second-order valence-corrected chi connectivity index (χ2v) is 6.88. The smallest absolute Gasteiger partial charge is 0.263 e. The molecule has 1 aromatic carbocycles. The fraction of sp³-hybridized carbons (Fsp3) is 0.368. The summed E-state index contributed by atoms with van der Waals surface area (Å²) in [5, 5.41) is 0. The SMILES string of the molecule is Cc1ncc(C(=O)N2CCC[C@H](Cc3nc4ccccc4[nH]3)C2)c(=O)[nH]1. The molecule has 7 heteroatoms. The number of hydrogen-bond acceptors (Lipinski definition) is 4. The van der Waals surface area contributed by atoms with Gasteiger partial charge in [-0.2, -0.15) is 0 Å². The van der Waals surface area contributed by atoms with E-state index in [4.69, 9.17) is 0 Å². The summed E-state index contributed by atoms with van der Waals surface area (Å²) in [6.07, 6.45) is 4.14. The minimum atomic E-state index is -0.373. The largest absolute Gasteiger partial charge is 0.342 e. The van der Waals surface area contributed by atoms with E-state index >= 15 is 0 Å². The molecule has 1 saturated heterocycles. The number of nitrogens with one attached hydrogen (secondary N) is 2. The van der Waals surface area contributed by atoms with Crippen molar-refractivity contribution in [2.45, 2.75) is 26.2 Å². The van der Waals surface area contributed by atoms with Gasteiger partial charge in [0.1, 0.15) is 17.2 Å². The van der Waals surface area contributed by atoms with Crippen molar-refractivity contribution in [2.75, 3.05) is 13.1 Å². The summed E-state index contributed by atoms with van der Waals surface area (Å²) in [6.45, 7) is 2.99. The van der Waals surface area contributed by atoms with Crippen molar-refractivity contribution < 1.29 is 4.79 Å². The van der Waals surface area contributed by atoms with Crippen LogP contribution in [0, 0.1) is 12.8 Å². The molecular weight excluding hydrogens is 330 g/mol. The Morgan fingerprint density at radius 3 is 2.96 bits per heavy atom. The molecule has 4 rings (SSSR count). The molecule has 0 unspecified atom stereocenters. The third kappa shape index (κ3) is 3.24. The summed E-state index contributed by atoms with van der Waals surface area (Å²) < 4.78 is 0. The number of H-pyrrole nitrogens is 2. The van der Waals surface area contributed by atoms with Crippen LogP contribution in [0.1, 0.15) is 34.8 Å². The van der Waals surface area contributed by atoms with E-state index in [0.29, 0.717) is 24.8 Å². The molecule has 7 nitrogen and oxygen atoms in total. The highest BCUT2D eigenvalue weighted by molar-refractivity contribution is 5.93. The first-order valence-corrected chi connectivity index (χ1v) is 8.89. The molecule has 134 valence electrons. The molecule has 2 N–H and O–H groups in total. The zero-order chi connectivity index (χ0) is 18.1. The number of carbonyl (C=O) groups excluding carboxylic acids is 1. The Morgan fingerprint density at radius 1 is 1.31 bits per heavy atom. The average molecular weight is 351 g/mol. The number of benzene rings is 1. The Hall–Kier alpha value is -2.96. The molecule has 1 aliphatic rings. The van der Waals surface area contributed by atoms with Gasteiger partial charge in [0, 0.05) is 25.7 Å². The third-order valence-electron chi connectivity index (χ3n) is 4.88. The van der Waals surface area contributed by atoms with Gasteiger partial charge in [-0.25, -0.2) is 9.97 Å². The molecule has 0 saturated carbocycles. The minimum Gasteiger partial charge on any atom is -0.342 e. The van der Waals surface area contributed by atoms with E-state index in [-0.39, 0.29) is 17.0 Å². The Bertz CT molecular complexity index is 973. The lowest BCUT2D eigenvalue weighted by Crippen LogP contribution is -2.42. The van der Waals surface area contributed by atoms with Gasteiger partial charge in [0.15, 0.2) is 0 Å². The number of imidazole rings is 1. The quantitative estimate of drug-likeness (QED) is 0.755. The van der Waals surface area contributed by atoms with Crippen LogP contribution in [-0.4, -0.2) is 43.8 Å². The highest BCUT2D eigenvalue weighted by atomic mass is 16.2. The fourth-order valence-electron chi connectivity index (χ4n) is 3.60. The minimum absolute atomic E-state index is 0.111. The zero-order valence-corrected chi connectivity index (χ0v) is 14.7. The van der Waals surface area contributed by atoms with Crippen molar-refractivity contribution in [1.29, 1.82) is 0 Å². The van der Waals surface area contributed by atoms with E-state index in [0.717, 1.165) is 36.1 Å². The van der Waals surface area contributed by atoms with Gasteiger partial charge in [-0.1, -0.05) is 12.1 Å². The monoisotopic (exact) mass is 351 g/mol. The molecule has 0 radical (unpaired) electrons. The highest BCUT2D eigenvalue weighted by Crippen LogP contribution is 2.22. The lowest BCUT2D eigenvalue weighted by molar-refractivity contribution is 0.0670. The van der Waals surface area contributed by atoms with E-state index in [1.54, 1.807) is 11.8 Å². The number of fused-ring (bicyclic) bond motifs is 1. The molecule has 1 aliphatic heterocycles. The standard InChI is InChI=1S/C19H21N5O2/c1-12-20-10-14(18(25)21-12)19(26)24-8-4-5-13(11-24)9-17-22-15-6-2-3-7-16(15)23-17/h2-3,6-7,10,13H,4-5,8-9,11H2,1H3,(H,22,23)(H,20,21,25)/t13-/m1/s1. The Kier molecular flexibility index (Phi) is 4.28. The van der Waals surface area contributed by atoms with Gasteiger partial charge in [0.2, 0.25) is 0 Å². The summed E-state index contributed by atoms with van der Waals surface area (Å²) in [7, 11) is 0. The van der Waals surface area contributed by atoms with Crippen LogP contribution in [0.2, 0.25) is 0 Å². The zero-order valence-electron chi connectivity index (χ0n) is 14.7. The van der Waals surface area contributed by atoms with E-state index in [2.05, 4.69) is 19.9 Å². The number of rotatable bonds is 3. The van der Waals surface area contributed by atoms with E-state index in [1.807, 2.05) is 24.3 Å². The lowest BCUT2D eigenvalue weighted by atomic mass is 9.94. The fourth-order valence-corrected chi connectivity index (χ4v) is 3.60. The van der Waals surface area contributed by atoms with Crippen molar-refractivity contribution >= 4 is 16.9 Å². The number of likely N-dealkylation sites (tertiary alicyclic amines) is 1. The maximum absolute atomic E-state index is 12.7. The van der Waals surface area contributed by atoms with Gasteiger partial charge in [0.05, 0.1) is 11.0 Å². The van der Waals surface area contributed by atoms with E-state index in [9.17, 15) is 9.59 Å². The summed E-state index contributed by atoms with van der Waals surface area (Å²) in [4.78, 5) is 41.1. The average Bonchev–Trinajstić information content (AvgIpc) is 3.03. The first-order valence-electron chi connectivity index (χ1n) is 8.89. The van der Waals surface area contributed by atoms with Crippen LogP contribution in [0.4, 0.5) is 0 Å². The number of amides is 1. The summed E-state index contributed by atoms with van der Waals surface area (Å²) >= 11 is 0. The van der Waals surface area contributed by atoms with E-state index < -0.39 is 0 Å². The van der Waals surface area contributed by atoms with Crippen LogP contribution in [-0.2, 0) is 6.42 Å². The number of piperidine rings is 1. The van der Waals surface area contributed by atoms with Crippen LogP contribution >= 0.6 is 0 Å². The van der Waals surface area contributed by atoms with Gasteiger partial charge in [-0.15, -0.1) is 0 Å². The summed E-state index contributed by atoms with van der Waals surface area (Å²) in [6, 6.07) is 7.96. The van der Waals surface area contributed by atoms with Crippen LogP contribution < -0.4 is 5.56 Å². The van der Waals surface area contributed by atoms with Gasteiger partial charge in [0.25, 0.3) is 11.5 Å². The maximum Gasteiger partial charge on any atom is 0.263 e. The van der Waals surface area contributed by atoms with Crippen LogP contribution in [0.5, 0.6) is 0 Å². The molecule has 0 aliphatic carbocycles. The molecule has 0 spiro atoms. The Morgan fingerprint density at radius 2 is 2.15 bits per heavy atom. The Labute approximate surface area is 150 Å². The number of carbonyl (C=O) groups is 1. The van der Waals surface area contributed by atoms with Crippen molar-refractivity contribution in [3.63, 3.8) is 0 Å². The normalized spacial score (nSPS) is 17.6. The molecule has 1 amide bonds. The maximum atomic E-state index is 12.7.